The normalized spacial score (nSPS) is 14.6. The zero-order chi connectivity index (χ0) is 20.5. The minimum Gasteiger partial charge on any atom is -0.368 e. The molecule has 2 aromatic heterocycles. The molecule has 3 heterocycles. The van der Waals surface area contributed by atoms with Crippen LogP contribution in [0.4, 0.5) is 10.1 Å². The summed E-state index contributed by atoms with van der Waals surface area (Å²) in [6.07, 6.45) is 0. The Kier molecular flexibility index (Phi) is 5.23. The van der Waals surface area contributed by atoms with Crippen molar-refractivity contribution in [1.82, 2.24) is 14.0 Å². The Morgan fingerprint density at radius 2 is 1.72 bits per heavy atom. The van der Waals surface area contributed by atoms with Gasteiger partial charge >= 0.3 is 5.69 Å². The second-order valence-electron chi connectivity index (χ2n) is 6.90. The Morgan fingerprint density at radius 3 is 2.38 bits per heavy atom. The maximum atomic E-state index is 13.1. The van der Waals surface area contributed by atoms with Crippen LogP contribution in [-0.2, 0) is 17.9 Å². The number of nitrogens with zero attached hydrogens (tertiary/aromatic N) is 4. The number of aromatic nitrogens is 2. The monoisotopic (exact) mass is 416 g/mol. The zero-order valence-electron chi connectivity index (χ0n) is 16.0. The first kappa shape index (κ1) is 19.4. The maximum Gasteiger partial charge on any atom is 0.331 e. The molecule has 3 aromatic rings. The first-order valence-electron chi connectivity index (χ1n) is 9.48. The molecule has 1 aliphatic rings. The van der Waals surface area contributed by atoms with Gasteiger partial charge in [0.2, 0.25) is 5.91 Å². The first-order chi connectivity index (χ1) is 14.0. The highest BCUT2D eigenvalue weighted by molar-refractivity contribution is 7.17. The number of halogens is 1. The summed E-state index contributed by atoms with van der Waals surface area (Å²) in [5.74, 6) is -0.430. The van der Waals surface area contributed by atoms with E-state index in [1.807, 2.05) is 0 Å². The summed E-state index contributed by atoms with van der Waals surface area (Å²) in [6, 6.07) is 8.02. The van der Waals surface area contributed by atoms with Crippen molar-refractivity contribution in [3.05, 3.63) is 62.4 Å². The molecular formula is C20H21FN4O3S. The predicted octanol–water partition coefficient (Wildman–Crippen LogP) is 1.73. The van der Waals surface area contributed by atoms with Crippen molar-refractivity contribution in [2.24, 2.45) is 0 Å². The highest BCUT2D eigenvalue weighted by Crippen LogP contribution is 2.18. The van der Waals surface area contributed by atoms with E-state index < -0.39 is 5.69 Å². The van der Waals surface area contributed by atoms with Crippen LogP contribution in [0.1, 0.15) is 6.92 Å². The molecule has 9 heteroatoms. The van der Waals surface area contributed by atoms with Gasteiger partial charge in [0.1, 0.15) is 17.1 Å². The van der Waals surface area contributed by atoms with Crippen molar-refractivity contribution in [1.29, 1.82) is 0 Å². The predicted molar refractivity (Wildman–Crippen MR) is 111 cm³/mol. The van der Waals surface area contributed by atoms with Crippen molar-refractivity contribution < 1.29 is 9.18 Å². The lowest BCUT2D eigenvalue weighted by molar-refractivity contribution is -0.132. The fourth-order valence-corrected chi connectivity index (χ4v) is 4.51. The third-order valence-electron chi connectivity index (χ3n) is 5.27. The molecule has 0 atom stereocenters. The molecule has 0 unspecified atom stereocenters. The molecule has 0 radical (unpaired) electrons. The van der Waals surface area contributed by atoms with Crippen LogP contribution in [-0.4, -0.2) is 46.1 Å². The van der Waals surface area contributed by atoms with Crippen LogP contribution < -0.4 is 16.1 Å². The number of carbonyl (C=O) groups is 1. The van der Waals surface area contributed by atoms with Gasteiger partial charge in [-0.15, -0.1) is 11.3 Å². The molecule has 1 fully saturated rings. The highest BCUT2D eigenvalue weighted by Gasteiger charge is 2.23. The van der Waals surface area contributed by atoms with Gasteiger partial charge in [-0.05, 0) is 42.6 Å². The van der Waals surface area contributed by atoms with E-state index in [0.717, 1.165) is 5.69 Å². The number of carbonyl (C=O) groups excluding carboxylic acids is 1. The lowest BCUT2D eigenvalue weighted by Gasteiger charge is -2.36. The number of hydrogen-bond donors (Lipinski definition) is 0. The van der Waals surface area contributed by atoms with Gasteiger partial charge in [-0.2, -0.15) is 0 Å². The smallest absolute Gasteiger partial charge is 0.331 e. The lowest BCUT2D eigenvalue weighted by Crippen LogP contribution is -2.50. The van der Waals surface area contributed by atoms with E-state index in [1.54, 1.807) is 35.4 Å². The number of fused-ring (bicyclic) bond motifs is 1. The third kappa shape index (κ3) is 3.57. The topological polar surface area (TPSA) is 67.6 Å². The Balaban J connectivity index is 1.51. The van der Waals surface area contributed by atoms with Crippen LogP contribution in [0.15, 0.2) is 45.3 Å². The Bertz CT molecular complexity index is 1160. The van der Waals surface area contributed by atoms with Crippen LogP contribution in [0, 0.1) is 5.82 Å². The second-order valence-corrected chi connectivity index (χ2v) is 7.81. The molecule has 1 aromatic carbocycles. The largest absolute Gasteiger partial charge is 0.368 e. The van der Waals surface area contributed by atoms with E-state index in [1.165, 1.54) is 32.6 Å². The van der Waals surface area contributed by atoms with Crippen molar-refractivity contribution in [2.75, 3.05) is 31.1 Å². The van der Waals surface area contributed by atoms with Gasteiger partial charge in [0.05, 0.1) is 5.52 Å². The lowest BCUT2D eigenvalue weighted by atomic mass is 10.2. The molecule has 29 heavy (non-hydrogen) atoms. The molecule has 0 N–H and O–H groups in total. The quantitative estimate of drug-likeness (QED) is 0.650. The van der Waals surface area contributed by atoms with E-state index >= 15 is 0 Å². The van der Waals surface area contributed by atoms with E-state index in [-0.39, 0.29) is 30.4 Å². The SMILES string of the molecule is CCn1c(=O)c2sccc2n(CC(=O)N2CCN(c3ccc(F)cc3)CC2)c1=O. The summed E-state index contributed by atoms with van der Waals surface area (Å²) in [5.41, 5.74) is 0.665. The number of rotatable bonds is 4. The van der Waals surface area contributed by atoms with Gasteiger partial charge in [-0.3, -0.25) is 18.7 Å². The Morgan fingerprint density at radius 1 is 1.03 bits per heavy atom. The summed E-state index contributed by atoms with van der Waals surface area (Å²) >= 11 is 1.28. The highest BCUT2D eigenvalue weighted by atomic mass is 32.1. The van der Waals surface area contributed by atoms with Crippen molar-refractivity contribution in [2.45, 2.75) is 20.0 Å². The van der Waals surface area contributed by atoms with Crippen LogP contribution in [0.2, 0.25) is 0 Å². The average Bonchev–Trinajstić information content (AvgIpc) is 3.22. The molecule has 1 aliphatic heterocycles. The maximum absolute atomic E-state index is 13.1. The Labute approximate surface area is 170 Å². The average molecular weight is 416 g/mol. The number of hydrogen-bond acceptors (Lipinski definition) is 5. The number of amides is 1. The van der Waals surface area contributed by atoms with E-state index in [0.29, 0.717) is 36.4 Å². The number of benzene rings is 1. The van der Waals surface area contributed by atoms with Gasteiger partial charge < -0.3 is 9.80 Å². The number of thiophene rings is 1. The molecule has 7 nitrogen and oxygen atoms in total. The molecule has 4 rings (SSSR count). The van der Waals surface area contributed by atoms with Crippen LogP contribution >= 0.6 is 11.3 Å². The molecule has 0 saturated carbocycles. The van der Waals surface area contributed by atoms with Gasteiger partial charge in [-0.1, -0.05) is 0 Å². The van der Waals surface area contributed by atoms with Crippen LogP contribution in [0.5, 0.6) is 0 Å². The summed E-state index contributed by atoms with van der Waals surface area (Å²) in [6.45, 7) is 4.21. The standard InChI is InChI=1S/C20H21FN4O3S/c1-2-24-19(27)18-16(7-12-29-18)25(20(24)28)13-17(26)23-10-8-22(9-11-23)15-5-3-14(21)4-6-15/h3-7,12H,2,8-11,13H2,1H3. The van der Waals surface area contributed by atoms with Crippen molar-refractivity contribution in [3.63, 3.8) is 0 Å². The minimum atomic E-state index is -0.457. The van der Waals surface area contributed by atoms with Crippen molar-refractivity contribution >= 4 is 33.1 Å². The first-order valence-corrected chi connectivity index (χ1v) is 10.4. The minimum absolute atomic E-state index is 0.0944. The molecule has 152 valence electrons. The van der Waals surface area contributed by atoms with E-state index in [4.69, 9.17) is 0 Å². The van der Waals surface area contributed by atoms with Gasteiger partial charge in [-0.25, -0.2) is 9.18 Å². The summed E-state index contributed by atoms with van der Waals surface area (Å²) < 4.78 is 16.2. The van der Waals surface area contributed by atoms with Gasteiger partial charge in [0, 0.05) is 38.4 Å². The fourth-order valence-electron chi connectivity index (χ4n) is 3.67. The van der Waals surface area contributed by atoms with E-state index in [2.05, 4.69) is 4.90 Å². The van der Waals surface area contributed by atoms with Crippen molar-refractivity contribution in [3.8, 4) is 0 Å². The summed E-state index contributed by atoms with van der Waals surface area (Å²) in [4.78, 5) is 41.8. The van der Waals surface area contributed by atoms with E-state index in [9.17, 15) is 18.8 Å². The molecular weight excluding hydrogens is 395 g/mol. The summed E-state index contributed by atoms with van der Waals surface area (Å²) in [7, 11) is 0. The summed E-state index contributed by atoms with van der Waals surface area (Å²) in [5, 5.41) is 1.76. The van der Waals surface area contributed by atoms with Crippen LogP contribution in [0.25, 0.3) is 10.2 Å². The zero-order valence-corrected chi connectivity index (χ0v) is 16.8. The number of piperazine rings is 1. The molecule has 0 bridgehead atoms. The molecule has 1 amide bonds. The van der Waals surface area contributed by atoms with Gasteiger partial charge in [0.25, 0.3) is 5.56 Å². The fraction of sp³-hybridized carbons (Fsp3) is 0.350. The third-order valence-corrected chi connectivity index (χ3v) is 6.16. The van der Waals surface area contributed by atoms with Crippen LogP contribution in [0.3, 0.4) is 0 Å². The molecule has 0 spiro atoms. The van der Waals surface area contributed by atoms with Gasteiger partial charge in [0.15, 0.2) is 0 Å². The number of anilines is 1. The second kappa shape index (κ2) is 7.82. The Hall–Kier alpha value is -2.94. The molecule has 1 saturated heterocycles. The molecule has 0 aliphatic carbocycles.